The Morgan fingerprint density at radius 1 is 1.55 bits per heavy atom. The van der Waals surface area contributed by atoms with Crippen molar-refractivity contribution in [2.24, 2.45) is 0 Å². The maximum absolute atomic E-state index is 11.7. The van der Waals surface area contributed by atoms with Crippen LogP contribution in [-0.2, 0) is 14.3 Å². The van der Waals surface area contributed by atoms with Gasteiger partial charge in [-0.1, -0.05) is 0 Å². The monoisotopic (exact) mass is 343 g/mol. The van der Waals surface area contributed by atoms with Crippen LogP contribution in [0, 0.1) is 0 Å². The predicted molar refractivity (Wildman–Crippen MR) is 77.6 cm³/mol. The molecule has 1 fully saturated rings. The van der Waals surface area contributed by atoms with Crippen LogP contribution in [0.3, 0.4) is 0 Å². The van der Waals surface area contributed by atoms with E-state index >= 15 is 0 Å². The predicted octanol–water partition coefficient (Wildman–Crippen LogP) is 2.46. The van der Waals surface area contributed by atoms with Crippen LogP contribution in [0.1, 0.15) is 27.2 Å². The molecule has 0 radical (unpaired) electrons. The minimum absolute atomic E-state index is 0.0808. The van der Waals surface area contributed by atoms with Gasteiger partial charge in [0.2, 0.25) is 0 Å². The molecule has 0 unspecified atom stereocenters. The fourth-order valence-electron chi connectivity index (χ4n) is 2.17. The lowest BCUT2D eigenvalue weighted by molar-refractivity contribution is -0.111. The first-order chi connectivity index (χ1) is 9.19. The van der Waals surface area contributed by atoms with Gasteiger partial charge in [-0.15, -0.1) is 0 Å². The summed E-state index contributed by atoms with van der Waals surface area (Å²) in [6.45, 7) is 5.83. The molecule has 0 bridgehead atoms. The number of ketones is 1. The number of halogens is 1. The quantitative estimate of drug-likeness (QED) is 0.794. The van der Waals surface area contributed by atoms with Gasteiger partial charge in [0.15, 0.2) is 5.78 Å². The maximum atomic E-state index is 11.7. The van der Waals surface area contributed by atoms with Gasteiger partial charge in [-0.3, -0.25) is 4.79 Å². The smallest absolute Gasteiger partial charge is 0.407 e. The molecule has 1 spiro atoms. The molecule has 0 saturated carbocycles. The number of ether oxygens (including phenoxy) is 2. The second-order valence-corrected chi connectivity index (χ2v) is 6.86. The van der Waals surface area contributed by atoms with Gasteiger partial charge in [0.05, 0.1) is 17.1 Å². The molecule has 110 valence electrons. The van der Waals surface area contributed by atoms with E-state index in [0.29, 0.717) is 17.5 Å². The van der Waals surface area contributed by atoms with Crippen molar-refractivity contribution in [3.8, 4) is 0 Å². The third-order valence-electron chi connectivity index (χ3n) is 2.96. The lowest BCUT2D eigenvalue weighted by atomic mass is 9.93. The zero-order valence-electron chi connectivity index (χ0n) is 11.7. The standard InChI is InChI=1S/C14H18BrNO4/c1-13(2,3)20-12(18)16-9-6-14(19-8-9)5-4-11(17)10(15)7-14/h4-5,7,9H,6,8H2,1-3H3,(H,16,18)/t9-,14-/m0/s1. The summed E-state index contributed by atoms with van der Waals surface area (Å²) in [7, 11) is 0. The summed E-state index contributed by atoms with van der Waals surface area (Å²) < 4.78 is 11.4. The van der Waals surface area contributed by atoms with Crippen molar-refractivity contribution in [1.82, 2.24) is 5.32 Å². The Hall–Kier alpha value is -1.14. The van der Waals surface area contributed by atoms with Crippen molar-refractivity contribution >= 4 is 27.8 Å². The van der Waals surface area contributed by atoms with Gasteiger partial charge in [-0.05, 0) is 54.9 Å². The molecular formula is C14H18BrNO4. The molecule has 1 N–H and O–H groups in total. The van der Waals surface area contributed by atoms with E-state index in [2.05, 4.69) is 21.2 Å². The van der Waals surface area contributed by atoms with E-state index in [4.69, 9.17) is 9.47 Å². The van der Waals surface area contributed by atoms with Crippen molar-refractivity contribution in [3.63, 3.8) is 0 Å². The molecule has 6 heteroatoms. The molecule has 0 aromatic rings. The average Bonchev–Trinajstić information content (AvgIpc) is 2.65. The van der Waals surface area contributed by atoms with Crippen molar-refractivity contribution in [2.75, 3.05) is 6.61 Å². The molecule has 1 saturated heterocycles. The summed E-state index contributed by atoms with van der Waals surface area (Å²) >= 11 is 3.22. The van der Waals surface area contributed by atoms with Crippen LogP contribution in [0.2, 0.25) is 0 Å². The van der Waals surface area contributed by atoms with Crippen LogP contribution in [0.4, 0.5) is 4.79 Å². The number of nitrogens with one attached hydrogen (secondary N) is 1. The first-order valence-electron chi connectivity index (χ1n) is 6.45. The molecule has 0 aromatic carbocycles. The van der Waals surface area contributed by atoms with Gasteiger partial charge in [0.25, 0.3) is 0 Å². The minimum Gasteiger partial charge on any atom is -0.444 e. The zero-order valence-corrected chi connectivity index (χ0v) is 13.3. The maximum Gasteiger partial charge on any atom is 0.407 e. The lowest BCUT2D eigenvalue weighted by Crippen LogP contribution is -2.40. The number of hydrogen-bond donors (Lipinski definition) is 1. The van der Waals surface area contributed by atoms with Crippen LogP contribution < -0.4 is 5.32 Å². The fraction of sp³-hybridized carbons (Fsp3) is 0.571. The highest BCUT2D eigenvalue weighted by Gasteiger charge is 2.40. The number of rotatable bonds is 1. The Labute approximate surface area is 126 Å². The Balaban J connectivity index is 1.95. The summed E-state index contributed by atoms with van der Waals surface area (Å²) in [6, 6.07) is -0.140. The van der Waals surface area contributed by atoms with E-state index in [1.54, 1.807) is 12.2 Å². The molecule has 2 aliphatic rings. The van der Waals surface area contributed by atoms with Crippen molar-refractivity contribution in [3.05, 3.63) is 22.7 Å². The first-order valence-corrected chi connectivity index (χ1v) is 7.24. The highest BCUT2D eigenvalue weighted by molar-refractivity contribution is 9.12. The summed E-state index contributed by atoms with van der Waals surface area (Å²) in [5.41, 5.74) is -1.15. The molecule has 0 aromatic heterocycles. The molecule has 20 heavy (non-hydrogen) atoms. The highest BCUT2D eigenvalue weighted by atomic mass is 79.9. The average molecular weight is 344 g/mol. The first kappa shape index (κ1) is 15.3. The largest absolute Gasteiger partial charge is 0.444 e. The minimum atomic E-state index is -0.619. The fourth-order valence-corrected chi connectivity index (χ4v) is 2.69. The van der Waals surface area contributed by atoms with Crippen molar-refractivity contribution < 1.29 is 19.1 Å². The van der Waals surface area contributed by atoms with E-state index in [9.17, 15) is 9.59 Å². The van der Waals surface area contributed by atoms with E-state index in [0.717, 1.165) is 0 Å². The van der Waals surface area contributed by atoms with Gasteiger partial charge in [0.1, 0.15) is 11.2 Å². The highest BCUT2D eigenvalue weighted by Crippen LogP contribution is 2.34. The molecule has 1 amide bonds. The Bertz CT molecular complexity index is 492. The Kier molecular flexibility index (Phi) is 4.07. The van der Waals surface area contributed by atoms with Crippen LogP contribution >= 0.6 is 15.9 Å². The Morgan fingerprint density at radius 3 is 2.85 bits per heavy atom. The van der Waals surface area contributed by atoms with E-state index < -0.39 is 17.3 Å². The molecule has 1 aliphatic heterocycles. The number of carbonyl (C=O) groups is 2. The lowest BCUT2D eigenvalue weighted by Gasteiger charge is -2.24. The van der Waals surface area contributed by atoms with E-state index in [-0.39, 0.29) is 11.8 Å². The van der Waals surface area contributed by atoms with E-state index in [1.165, 1.54) is 6.08 Å². The molecule has 1 aliphatic carbocycles. The number of alkyl carbamates (subject to hydrolysis) is 1. The van der Waals surface area contributed by atoms with Crippen molar-refractivity contribution in [1.29, 1.82) is 0 Å². The van der Waals surface area contributed by atoms with Crippen LogP contribution in [-0.4, -0.2) is 35.7 Å². The molecule has 1 heterocycles. The molecule has 2 rings (SSSR count). The number of hydrogen-bond acceptors (Lipinski definition) is 4. The summed E-state index contributed by atoms with van der Waals surface area (Å²) in [5.74, 6) is -0.0808. The number of carbonyl (C=O) groups excluding carboxylic acids is 2. The zero-order chi connectivity index (χ0) is 15.0. The van der Waals surface area contributed by atoms with Gasteiger partial charge in [-0.25, -0.2) is 4.79 Å². The van der Waals surface area contributed by atoms with Crippen LogP contribution in [0.25, 0.3) is 0 Å². The van der Waals surface area contributed by atoms with Crippen LogP contribution in [0.5, 0.6) is 0 Å². The number of amides is 1. The SMILES string of the molecule is CC(C)(C)OC(=O)N[C@@H]1CO[C@@]2(C=CC(=O)C(Br)=C2)C1. The van der Waals surface area contributed by atoms with Crippen LogP contribution in [0.15, 0.2) is 22.7 Å². The second-order valence-electron chi connectivity index (χ2n) is 6.00. The molecule has 5 nitrogen and oxygen atoms in total. The summed E-state index contributed by atoms with van der Waals surface area (Å²) in [6.07, 6.45) is 5.08. The molecular weight excluding hydrogens is 326 g/mol. The summed E-state index contributed by atoms with van der Waals surface area (Å²) in [5, 5.41) is 2.78. The van der Waals surface area contributed by atoms with E-state index in [1.807, 2.05) is 20.8 Å². The summed E-state index contributed by atoms with van der Waals surface area (Å²) in [4.78, 5) is 23.1. The topological polar surface area (TPSA) is 64.6 Å². The second kappa shape index (κ2) is 5.33. The van der Waals surface area contributed by atoms with Gasteiger partial charge >= 0.3 is 6.09 Å². The van der Waals surface area contributed by atoms with Crippen molar-refractivity contribution in [2.45, 2.75) is 44.4 Å². The third kappa shape index (κ3) is 3.70. The van der Waals surface area contributed by atoms with Gasteiger partial charge < -0.3 is 14.8 Å². The van der Waals surface area contributed by atoms with Gasteiger partial charge in [-0.2, -0.15) is 0 Å². The number of allylic oxidation sites excluding steroid dienone is 2. The Morgan fingerprint density at radius 2 is 2.25 bits per heavy atom. The molecule has 2 atom stereocenters. The van der Waals surface area contributed by atoms with Gasteiger partial charge in [0, 0.05) is 6.42 Å². The third-order valence-corrected chi connectivity index (χ3v) is 3.58. The normalized spacial score (nSPS) is 29.5.